The summed E-state index contributed by atoms with van der Waals surface area (Å²) in [5, 5.41) is 4.22. The highest BCUT2D eigenvalue weighted by Gasteiger charge is 2.46. The molecular formula is C17H15Cl2F2N3O2S. The lowest BCUT2D eigenvalue weighted by Gasteiger charge is -2.40. The Kier molecular flexibility index (Phi) is 5.33. The minimum absolute atomic E-state index is 0.00426. The number of alkyl halides is 2. The first-order chi connectivity index (χ1) is 12.6. The summed E-state index contributed by atoms with van der Waals surface area (Å²) < 4.78 is 51.6. The maximum atomic E-state index is 13.3. The van der Waals surface area contributed by atoms with Gasteiger partial charge >= 0.3 is 0 Å². The van der Waals surface area contributed by atoms with E-state index in [1.165, 1.54) is 29.2 Å². The predicted molar refractivity (Wildman–Crippen MR) is 101 cm³/mol. The van der Waals surface area contributed by atoms with E-state index in [1.807, 2.05) is 6.92 Å². The van der Waals surface area contributed by atoms with Crippen LogP contribution in [0.1, 0.15) is 11.1 Å². The normalized spacial score (nSPS) is 16.8. The lowest BCUT2D eigenvalue weighted by atomic mass is 10.1. The highest BCUT2D eigenvalue weighted by Crippen LogP contribution is 2.32. The van der Waals surface area contributed by atoms with Gasteiger partial charge in [0.1, 0.15) is 0 Å². The van der Waals surface area contributed by atoms with Crippen molar-refractivity contribution in [2.45, 2.75) is 17.7 Å². The van der Waals surface area contributed by atoms with Crippen LogP contribution in [0.15, 0.2) is 52.5 Å². The summed E-state index contributed by atoms with van der Waals surface area (Å²) in [4.78, 5) is 3.29. The van der Waals surface area contributed by atoms with E-state index >= 15 is 0 Å². The molecule has 144 valence electrons. The molecule has 0 atom stereocenters. The molecule has 0 aliphatic carbocycles. The summed E-state index contributed by atoms with van der Waals surface area (Å²) >= 11 is 12.3. The maximum absolute atomic E-state index is 13.3. The fourth-order valence-corrected chi connectivity index (χ4v) is 3.90. The Balaban J connectivity index is 1.97. The summed E-state index contributed by atoms with van der Waals surface area (Å²) in [5.41, 5.74) is 1.08. The minimum atomic E-state index is -3.99. The molecule has 0 amide bonds. The minimum Gasteiger partial charge on any atom is -0.342 e. The van der Waals surface area contributed by atoms with Gasteiger partial charge in [0.25, 0.3) is 15.9 Å². The van der Waals surface area contributed by atoms with Crippen LogP contribution in [0.2, 0.25) is 10.0 Å². The van der Waals surface area contributed by atoms with Gasteiger partial charge in [0.15, 0.2) is 5.84 Å². The second kappa shape index (κ2) is 7.26. The number of hydrazone groups is 1. The molecule has 0 unspecified atom stereocenters. The fraction of sp³-hybridized carbons (Fsp3) is 0.235. The number of rotatable bonds is 4. The van der Waals surface area contributed by atoms with E-state index in [2.05, 4.69) is 9.93 Å². The number of hydrogen-bond acceptors (Lipinski definition) is 3. The van der Waals surface area contributed by atoms with Crippen molar-refractivity contribution in [1.82, 2.24) is 9.73 Å². The van der Waals surface area contributed by atoms with E-state index < -0.39 is 29.0 Å². The van der Waals surface area contributed by atoms with Crippen LogP contribution in [0.3, 0.4) is 0 Å². The number of aryl methyl sites for hydroxylation is 1. The van der Waals surface area contributed by atoms with Gasteiger partial charge < -0.3 is 4.90 Å². The van der Waals surface area contributed by atoms with E-state index in [0.717, 1.165) is 5.56 Å². The van der Waals surface area contributed by atoms with Crippen molar-refractivity contribution in [1.29, 1.82) is 0 Å². The number of amidine groups is 1. The molecule has 0 saturated carbocycles. The van der Waals surface area contributed by atoms with Gasteiger partial charge in [-0.25, -0.2) is 8.78 Å². The molecule has 5 nitrogen and oxygen atoms in total. The summed E-state index contributed by atoms with van der Waals surface area (Å²) in [6.45, 7) is 0.600. The van der Waals surface area contributed by atoms with E-state index in [9.17, 15) is 17.2 Å². The molecule has 2 aromatic carbocycles. The van der Waals surface area contributed by atoms with Gasteiger partial charge in [-0.2, -0.15) is 13.2 Å². The quantitative estimate of drug-likeness (QED) is 0.451. The van der Waals surface area contributed by atoms with E-state index in [0.29, 0.717) is 0 Å². The SMILES string of the molecule is Cc1ccc(S(=O)(=O)N/N=C(\c2c(Cl)cccc2Cl)N2CC(F)(F)C2)cc1. The summed E-state index contributed by atoms with van der Waals surface area (Å²) in [6, 6.07) is 10.8. The van der Waals surface area contributed by atoms with Crippen LogP contribution in [-0.2, 0) is 10.0 Å². The van der Waals surface area contributed by atoms with Crippen LogP contribution in [0.4, 0.5) is 8.78 Å². The Morgan fingerprint density at radius 3 is 2.19 bits per heavy atom. The number of nitrogens with one attached hydrogen (secondary N) is 1. The van der Waals surface area contributed by atoms with Crippen molar-refractivity contribution >= 4 is 39.1 Å². The Labute approximate surface area is 165 Å². The molecule has 10 heteroatoms. The molecule has 0 radical (unpaired) electrons. The van der Waals surface area contributed by atoms with Gasteiger partial charge in [0.2, 0.25) is 0 Å². The topological polar surface area (TPSA) is 61.8 Å². The van der Waals surface area contributed by atoms with Crippen molar-refractivity contribution in [3.05, 3.63) is 63.6 Å². The largest absolute Gasteiger partial charge is 0.342 e. The van der Waals surface area contributed by atoms with Crippen LogP contribution in [0.25, 0.3) is 0 Å². The van der Waals surface area contributed by atoms with Crippen LogP contribution in [-0.4, -0.2) is 38.2 Å². The van der Waals surface area contributed by atoms with Crippen molar-refractivity contribution < 1.29 is 17.2 Å². The van der Waals surface area contributed by atoms with E-state index in [4.69, 9.17) is 23.2 Å². The lowest BCUT2D eigenvalue weighted by Crippen LogP contribution is -2.59. The molecule has 1 aliphatic rings. The third kappa shape index (κ3) is 4.34. The van der Waals surface area contributed by atoms with E-state index in [1.54, 1.807) is 18.2 Å². The predicted octanol–water partition coefficient (Wildman–Crippen LogP) is 3.89. The van der Waals surface area contributed by atoms with Gasteiger partial charge in [0.05, 0.1) is 33.6 Å². The molecule has 1 aliphatic heterocycles. The molecule has 1 heterocycles. The van der Waals surface area contributed by atoms with Gasteiger partial charge in [-0.05, 0) is 31.2 Å². The van der Waals surface area contributed by atoms with Gasteiger partial charge in [-0.1, -0.05) is 47.0 Å². The van der Waals surface area contributed by atoms with Gasteiger partial charge in [-0.15, -0.1) is 5.10 Å². The molecule has 1 fully saturated rings. The Morgan fingerprint density at radius 1 is 1.11 bits per heavy atom. The van der Waals surface area contributed by atoms with Crippen molar-refractivity contribution in [2.24, 2.45) is 5.10 Å². The van der Waals surface area contributed by atoms with Crippen LogP contribution < -0.4 is 4.83 Å². The Bertz CT molecular complexity index is 967. The molecule has 2 aromatic rings. The first-order valence-corrected chi connectivity index (χ1v) is 10.1. The molecule has 1 saturated heterocycles. The average Bonchev–Trinajstić information content (AvgIpc) is 2.55. The summed E-state index contributed by atoms with van der Waals surface area (Å²) in [5.74, 6) is -2.95. The summed E-state index contributed by atoms with van der Waals surface area (Å²) in [6.07, 6.45) is 0. The highest BCUT2D eigenvalue weighted by atomic mass is 35.5. The van der Waals surface area contributed by atoms with Crippen LogP contribution >= 0.6 is 23.2 Å². The molecular weight excluding hydrogens is 419 g/mol. The zero-order valence-corrected chi connectivity index (χ0v) is 16.4. The number of likely N-dealkylation sites (tertiary alicyclic amines) is 1. The number of benzene rings is 2. The molecule has 0 spiro atoms. The standard InChI is InChI=1S/C17H15Cl2F2N3O2S/c1-11-5-7-12(8-6-11)27(25,26)23-22-16(24-9-17(20,21)10-24)15-13(18)3-2-4-14(15)19/h2-8,23H,9-10H2,1H3/b22-16+. The molecule has 1 N–H and O–H groups in total. The Hall–Kier alpha value is -1.90. The van der Waals surface area contributed by atoms with Gasteiger partial charge in [0, 0.05) is 0 Å². The molecule has 3 rings (SSSR count). The van der Waals surface area contributed by atoms with E-state index in [-0.39, 0.29) is 26.3 Å². The zero-order valence-electron chi connectivity index (χ0n) is 14.1. The summed E-state index contributed by atoms with van der Waals surface area (Å²) in [7, 11) is -3.99. The Morgan fingerprint density at radius 2 is 1.67 bits per heavy atom. The van der Waals surface area contributed by atoms with Crippen LogP contribution in [0, 0.1) is 6.92 Å². The maximum Gasteiger partial charge on any atom is 0.282 e. The number of sulfonamides is 1. The average molecular weight is 434 g/mol. The monoisotopic (exact) mass is 433 g/mol. The third-order valence-electron chi connectivity index (χ3n) is 3.93. The molecule has 0 bridgehead atoms. The number of nitrogens with zero attached hydrogens (tertiary/aromatic N) is 2. The third-order valence-corrected chi connectivity index (χ3v) is 5.79. The van der Waals surface area contributed by atoms with Crippen molar-refractivity contribution in [3.8, 4) is 0 Å². The second-order valence-corrected chi connectivity index (χ2v) is 8.63. The molecule has 27 heavy (non-hydrogen) atoms. The smallest absolute Gasteiger partial charge is 0.282 e. The first kappa shape index (κ1) is 19.9. The highest BCUT2D eigenvalue weighted by molar-refractivity contribution is 7.89. The lowest BCUT2D eigenvalue weighted by molar-refractivity contribution is -0.101. The van der Waals surface area contributed by atoms with Crippen molar-refractivity contribution in [3.63, 3.8) is 0 Å². The molecule has 0 aromatic heterocycles. The zero-order chi connectivity index (χ0) is 19.8. The second-order valence-electron chi connectivity index (χ2n) is 6.15. The first-order valence-electron chi connectivity index (χ1n) is 7.82. The van der Waals surface area contributed by atoms with Crippen molar-refractivity contribution in [2.75, 3.05) is 13.1 Å². The van der Waals surface area contributed by atoms with Gasteiger partial charge in [-0.3, -0.25) is 0 Å². The fourth-order valence-electron chi connectivity index (χ4n) is 2.53. The number of halogens is 4. The van der Waals surface area contributed by atoms with Crippen LogP contribution in [0.5, 0.6) is 0 Å². The number of hydrogen-bond donors (Lipinski definition) is 1.